The van der Waals surface area contributed by atoms with Gasteiger partial charge in [-0.2, -0.15) is 0 Å². The van der Waals surface area contributed by atoms with Crippen LogP contribution in [0.5, 0.6) is 0 Å². The first-order valence-corrected chi connectivity index (χ1v) is 13.0. The number of para-hydroxylation sites is 1. The monoisotopic (exact) mass is 523 g/mol. The highest BCUT2D eigenvalue weighted by Gasteiger charge is 2.19. The van der Waals surface area contributed by atoms with Gasteiger partial charge in [0.25, 0.3) is 5.91 Å². The predicted molar refractivity (Wildman–Crippen MR) is 144 cm³/mol. The number of likely N-dealkylation sites (tertiary alicyclic amines) is 1. The molecule has 1 saturated heterocycles. The normalized spacial score (nSPS) is 13.3. The Morgan fingerprint density at radius 2 is 1.85 bits per heavy atom. The summed E-state index contributed by atoms with van der Waals surface area (Å²) in [7, 11) is 0. The van der Waals surface area contributed by atoms with Crippen LogP contribution in [0.1, 0.15) is 35.2 Å². The molecule has 6 rings (SSSR count). The quantitative estimate of drug-likeness (QED) is 0.346. The molecule has 3 aromatic heterocycles. The Kier molecular flexibility index (Phi) is 6.66. The number of hydrogen-bond donors (Lipinski definition) is 1. The molecule has 9 nitrogen and oxygen atoms in total. The minimum absolute atomic E-state index is 0.00975. The van der Waals surface area contributed by atoms with E-state index in [2.05, 4.69) is 20.6 Å². The maximum absolute atomic E-state index is 15.0. The number of pyridine rings is 2. The number of rotatable bonds is 7. The van der Waals surface area contributed by atoms with Crippen molar-refractivity contribution in [1.82, 2.24) is 35.2 Å². The van der Waals surface area contributed by atoms with Gasteiger partial charge in [0.05, 0.1) is 23.3 Å². The van der Waals surface area contributed by atoms with E-state index in [9.17, 15) is 14.0 Å². The van der Waals surface area contributed by atoms with E-state index in [1.54, 1.807) is 34.0 Å². The summed E-state index contributed by atoms with van der Waals surface area (Å²) in [5, 5.41) is 12.2. The predicted octanol–water partition coefficient (Wildman–Crippen LogP) is 3.97. The molecule has 0 spiro atoms. The molecule has 4 heterocycles. The van der Waals surface area contributed by atoms with Crippen LogP contribution < -0.4 is 5.32 Å². The standard InChI is InChI=1S/C29H26FN7O2/c30-23-17-20(8-9-22(23)29(39)32-14-12-26(38)36-15-1-2-16-36)24-10-11-25-28(33-24)37(35-34-25)18-21-6-3-5-19-7-4-13-31-27(19)21/h3-11,13,17H,1-2,12,14-16,18H2,(H,32,39). The second-order valence-electron chi connectivity index (χ2n) is 9.57. The van der Waals surface area contributed by atoms with Crippen molar-refractivity contribution in [2.75, 3.05) is 19.6 Å². The summed E-state index contributed by atoms with van der Waals surface area (Å²) in [6, 6.07) is 17.8. The summed E-state index contributed by atoms with van der Waals surface area (Å²) >= 11 is 0. The van der Waals surface area contributed by atoms with E-state index in [0.717, 1.165) is 42.4 Å². The number of carbonyl (C=O) groups is 2. The SMILES string of the molecule is O=C(NCCC(=O)N1CCCC1)c1ccc(-c2ccc3nnn(Cc4cccc5cccnc45)c3n2)cc1F. The fraction of sp³-hybridized carbons (Fsp3) is 0.241. The Balaban J connectivity index is 1.19. The van der Waals surface area contributed by atoms with Crippen molar-refractivity contribution in [2.24, 2.45) is 0 Å². The maximum atomic E-state index is 15.0. The molecule has 1 N–H and O–H groups in total. The van der Waals surface area contributed by atoms with E-state index in [4.69, 9.17) is 4.98 Å². The van der Waals surface area contributed by atoms with Crippen LogP contribution in [-0.4, -0.2) is 61.3 Å². The molecule has 2 aromatic carbocycles. The summed E-state index contributed by atoms with van der Waals surface area (Å²) in [5.74, 6) is -1.20. The molecule has 39 heavy (non-hydrogen) atoms. The molecular formula is C29H26FN7O2. The van der Waals surface area contributed by atoms with Crippen LogP contribution in [0.2, 0.25) is 0 Å². The number of carbonyl (C=O) groups excluding carboxylic acids is 2. The second kappa shape index (κ2) is 10.6. The maximum Gasteiger partial charge on any atom is 0.254 e. The molecule has 196 valence electrons. The van der Waals surface area contributed by atoms with Gasteiger partial charge in [0.2, 0.25) is 5.91 Å². The van der Waals surface area contributed by atoms with Crippen LogP contribution in [0.15, 0.2) is 66.9 Å². The summed E-state index contributed by atoms with van der Waals surface area (Å²) in [5.41, 5.74) is 4.02. The van der Waals surface area contributed by atoms with Gasteiger partial charge in [-0.3, -0.25) is 14.6 Å². The van der Waals surface area contributed by atoms with Crippen LogP contribution in [0.3, 0.4) is 0 Å². The van der Waals surface area contributed by atoms with Gasteiger partial charge >= 0.3 is 0 Å². The lowest BCUT2D eigenvalue weighted by Crippen LogP contribution is -2.33. The average Bonchev–Trinajstić information content (AvgIpc) is 3.64. The Bertz CT molecular complexity index is 1690. The van der Waals surface area contributed by atoms with Gasteiger partial charge in [-0.15, -0.1) is 5.10 Å². The molecule has 1 fully saturated rings. The largest absolute Gasteiger partial charge is 0.351 e. The summed E-state index contributed by atoms with van der Waals surface area (Å²) in [6.45, 7) is 2.12. The number of hydrogen-bond acceptors (Lipinski definition) is 6. The molecular weight excluding hydrogens is 497 g/mol. The molecule has 0 atom stereocenters. The van der Waals surface area contributed by atoms with Gasteiger partial charge in [0, 0.05) is 43.2 Å². The van der Waals surface area contributed by atoms with Crippen LogP contribution in [0.4, 0.5) is 4.39 Å². The fourth-order valence-corrected chi connectivity index (χ4v) is 4.94. The highest BCUT2D eigenvalue weighted by molar-refractivity contribution is 5.95. The number of fused-ring (bicyclic) bond motifs is 2. The summed E-state index contributed by atoms with van der Waals surface area (Å²) in [6.07, 6.45) is 3.98. The zero-order valence-electron chi connectivity index (χ0n) is 21.2. The topological polar surface area (TPSA) is 106 Å². The van der Waals surface area contributed by atoms with Gasteiger partial charge in [-0.1, -0.05) is 35.5 Å². The third-order valence-electron chi connectivity index (χ3n) is 6.99. The Morgan fingerprint density at radius 3 is 2.69 bits per heavy atom. The van der Waals surface area contributed by atoms with E-state index in [-0.39, 0.29) is 24.4 Å². The molecule has 0 aliphatic carbocycles. The smallest absolute Gasteiger partial charge is 0.254 e. The highest BCUT2D eigenvalue weighted by atomic mass is 19.1. The van der Waals surface area contributed by atoms with Crippen molar-refractivity contribution in [2.45, 2.75) is 25.8 Å². The average molecular weight is 524 g/mol. The third-order valence-corrected chi connectivity index (χ3v) is 6.99. The van der Waals surface area contributed by atoms with Crippen LogP contribution >= 0.6 is 0 Å². The lowest BCUT2D eigenvalue weighted by atomic mass is 10.1. The molecule has 1 aliphatic heterocycles. The van der Waals surface area contributed by atoms with Crippen molar-refractivity contribution in [1.29, 1.82) is 0 Å². The van der Waals surface area contributed by atoms with E-state index >= 15 is 0 Å². The van der Waals surface area contributed by atoms with Crippen molar-refractivity contribution < 1.29 is 14.0 Å². The number of aromatic nitrogens is 5. The van der Waals surface area contributed by atoms with E-state index in [0.29, 0.717) is 29.0 Å². The molecule has 0 radical (unpaired) electrons. The number of nitrogens with one attached hydrogen (secondary N) is 1. The third kappa shape index (κ3) is 5.05. The van der Waals surface area contributed by atoms with Gasteiger partial charge in [0.1, 0.15) is 11.3 Å². The van der Waals surface area contributed by atoms with Crippen LogP contribution in [0.25, 0.3) is 33.3 Å². The van der Waals surface area contributed by atoms with Crippen LogP contribution in [-0.2, 0) is 11.3 Å². The van der Waals surface area contributed by atoms with Gasteiger partial charge in [-0.05, 0) is 48.7 Å². The minimum atomic E-state index is -0.661. The fourth-order valence-electron chi connectivity index (χ4n) is 4.94. The van der Waals surface area contributed by atoms with Crippen molar-refractivity contribution >= 4 is 33.9 Å². The minimum Gasteiger partial charge on any atom is -0.351 e. The zero-order valence-corrected chi connectivity index (χ0v) is 21.2. The molecule has 0 saturated carbocycles. The lowest BCUT2D eigenvalue weighted by Gasteiger charge is -2.15. The molecule has 2 amide bonds. The van der Waals surface area contributed by atoms with Gasteiger partial charge in [-0.25, -0.2) is 14.1 Å². The first kappa shape index (κ1) is 24.6. The summed E-state index contributed by atoms with van der Waals surface area (Å²) in [4.78, 5) is 35.7. The van der Waals surface area contributed by atoms with Crippen molar-refractivity contribution in [3.05, 3.63) is 83.8 Å². The first-order chi connectivity index (χ1) is 19.1. The highest BCUT2D eigenvalue weighted by Crippen LogP contribution is 2.24. The zero-order chi connectivity index (χ0) is 26.8. The number of amides is 2. The Labute approximate surface area is 223 Å². The molecule has 5 aromatic rings. The molecule has 0 unspecified atom stereocenters. The molecule has 1 aliphatic rings. The van der Waals surface area contributed by atoms with Gasteiger partial charge < -0.3 is 10.2 Å². The molecule has 0 bridgehead atoms. The number of nitrogens with zero attached hydrogens (tertiary/aromatic N) is 6. The number of halogens is 1. The van der Waals surface area contributed by atoms with E-state index in [1.807, 2.05) is 30.3 Å². The second-order valence-corrected chi connectivity index (χ2v) is 9.57. The first-order valence-electron chi connectivity index (χ1n) is 13.0. The van der Waals surface area contributed by atoms with Crippen molar-refractivity contribution in [3.8, 4) is 11.3 Å². The van der Waals surface area contributed by atoms with Crippen molar-refractivity contribution in [3.63, 3.8) is 0 Å². The lowest BCUT2D eigenvalue weighted by molar-refractivity contribution is -0.129. The van der Waals surface area contributed by atoms with E-state index in [1.165, 1.54) is 12.1 Å². The number of benzene rings is 2. The Hall–Kier alpha value is -4.73. The molecule has 10 heteroatoms. The van der Waals surface area contributed by atoms with Crippen LogP contribution in [0, 0.1) is 5.82 Å². The Morgan fingerprint density at radius 1 is 1.00 bits per heavy atom. The summed E-state index contributed by atoms with van der Waals surface area (Å²) < 4.78 is 16.7. The van der Waals surface area contributed by atoms with Gasteiger partial charge in [0.15, 0.2) is 5.65 Å². The van der Waals surface area contributed by atoms with E-state index < -0.39 is 11.7 Å².